The van der Waals surface area contributed by atoms with Gasteiger partial charge in [0.2, 0.25) is 27.7 Å². The third kappa shape index (κ3) is 4.15. The number of carbonyl (C=O) groups is 3. The Labute approximate surface area is 186 Å². The number of fused-ring (bicyclic) bond motifs is 1. The van der Waals surface area contributed by atoms with Gasteiger partial charge in [0.25, 0.3) is 0 Å². The maximum Gasteiger partial charge on any atom is 0.244 e. The van der Waals surface area contributed by atoms with Crippen molar-refractivity contribution in [2.75, 3.05) is 45.3 Å². The van der Waals surface area contributed by atoms with Crippen molar-refractivity contribution in [1.82, 2.24) is 9.21 Å². The van der Waals surface area contributed by atoms with E-state index in [4.69, 9.17) is 9.47 Å². The van der Waals surface area contributed by atoms with Crippen molar-refractivity contribution < 1.29 is 32.3 Å². The minimum absolute atomic E-state index is 0.000851. The smallest absolute Gasteiger partial charge is 0.244 e. The van der Waals surface area contributed by atoms with E-state index in [2.05, 4.69) is 5.32 Å². The zero-order valence-corrected chi connectivity index (χ0v) is 18.5. The van der Waals surface area contributed by atoms with Crippen LogP contribution < -0.4 is 10.1 Å². The van der Waals surface area contributed by atoms with Crippen molar-refractivity contribution in [3.63, 3.8) is 0 Å². The van der Waals surface area contributed by atoms with Gasteiger partial charge in [-0.3, -0.25) is 19.3 Å². The molecule has 0 aromatic heterocycles. The van der Waals surface area contributed by atoms with Crippen LogP contribution in [0.5, 0.6) is 5.75 Å². The summed E-state index contributed by atoms with van der Waals surface area (Å²) in [7, 11) is -2.38. The lowest BCUT2D eigenvalue weighted by atomic mass is 9.85. The molecule has 3 aliphatic rings. The minimum Gasteiger partial charge on any atom is -0.495 e. The van der Waals surface area contributed by atoms with Gasteiger partial charge in [-0.2, -0.15) is 4.31 Å². The van der Waals surface area contributed by atoms with E-state index in [9.17, 15) is 22.8 Å². The summed E-state index contributed by atoms with van der Waals surface area (Å²) in [6.07, 6.45) is 4.73. The molecule has 2 heterocycles. The van der Waals surface area contributed by atoms with E-state index in [1.807, 2.05) is 12.2 Å². The monoisotopic (exact) mass is 463 g/mol. The molecule has 4 rings (SSSR count). The van der Waals surface area contributed by atoms with Crippen LogP contribution in [0.25, 0.3) is 0 Å². The van der Waals surface area contributed by atoms with Crippen LogP contribution in [-0.4, -0.2) is 75.3 Å². The van der Waals surface area contributed by atoms with Gasteiger partial charge in [-0.05, 0) is 31.0 Å². The molecule has 0 radical (unpaired) electrons. The molecular formula is C21H25N3O7S. The Morgan fingerprint density at radius 1 is 1.12 bits per heavy atom. The Hall–Kier alpha value is -2.76. The number of likely N-dealkylation sites (tertiary alicyclic amines) is 1. The SMILES string of the molecule is COc1ccc(S(=O)(=O)N2CCOCC2)cc1NC(=O)CN1C(=O)[C@H]2CC=CC[C@H]2C1=O. The Morgan fingerprint density at radius 2 is 1.75 bits per heavy atom. The number of hydrogen-bond acceptors (Lipinski definition) is 7. The fraction of sp³-hybridized carbons (Fsp3) is 0.476. The van der Waals surface area contributed by atoms with Crippen LogP contribution in [0.4, 0.5) is 5.69 Å². The maximum absolute atomic E-state index is 12.9. The largest absolute Gasteiger partial charge is 0.495 e. The predicted molar refractivity (Wildman–Crippen MR) is 113 cm³/mol. The topological polar surface area (TPSA) is 122 Å². The minimum atomic E-state index is -3.78. The predicted octanol–water partition coefficient (Wildman–Crippen LogP) is 0.606. The fourth-order valence-corrected chi connectivity index (χ4v) is 5.67. The number of ether oxygens (including phenoxy) is 2. The van der Waals surface area contributed by atoms with E-state index in [-0.39, 0.29) is 41.2 Å². The zero-order valence-electron chi connectivity index (χ0n) is 17.7. The van der Waals surface area contributed by atoms with Crippen LogP contribution in [0, 0.1) is 11.8 Å². The molecule has 0 spiro atoms. The molecule has 1 aromatic carbocycles. The number of hydrogen-bond donors (Lipinski definition) is 1. The van der Waals surface area contributed by atoms with Gasteiger partial charge in [-0.25, -0.2) is 8.42 Å². The van der Waals surface area contributed by atoms with Crippen LogP contribution in [0.15, 0.2) is 35.2 Å². The number of anilines is 1. The first-order chi connectivity index (χ1) is 15.3. The molecule has 1 aromatic rings. The first-order valence-electron chi connectivity index (χ1n) is 10.4. The number of morpholine rings is 1. The molecule has 10 nitrogen and oxygen atoms in total. The van der Waals surface area contributed by atoms with E-state index in [1.54, 1.807) is 0 Å². The third-order valence-electron chi connectivity index (χ3n) is 5.95. The fourth-order valence-electron chi connectivity index (χ4n) is 4.24. The number of methoxy groups -OCH3 is 1. The summed E-state index contributed by atoms with van der Waals surface area (Å²) < 4.78 is 37.7. The number of allylic oxidation sites excluding steroid dienone is 2. The second-order valence-corrected chi connectivity index (χ2v) is 9.78. The van der Waals surface area contributed by atoms with E-state index < -0.39 is 34.3 Å². The van der Waals surface area contributed by atoms with Crippen molar-refractivity contribution in [3.8, 4) is 5.75 Å². The quantitative estimate of drug-likeness (QED) is 0.484. The van der Waals surface area contributed by atoms with Gasteiger partial charge in [0.15, 0.2) is 0 Å². The van der Waals surface area contributed by atoms with Crippen molar-refractivity contribution >= 4 is 33.4 Å². The highest BCUT2D eigenvalue weighted by Gasteiger charge is 2.47. The molecule has 0 saturated carbocycles. The number of carbonyl (C=O) groups excluding carboxylic acids is 3. The number of sulfonamides is 1. The molecule has 1 aliphatic carbocycles. The van der Waals surface area contributed by atoms with E-state index in [0.29, 0.717) is 26.1 Å². The van der Waals surface area contributed by atoms with Crippen LogP contribution in [0.2, 0.25) is 0 Å². The third-order valence-corrected chi connectivity index (χ3v) is 7.85. The summed E-state index contributed by atoms with van der Waals surface area (Å²) in [4.78, 5) is 38.9. The average Bonchev–Trinajstić information content (AvgIpc) is 3.04. The molecule has 0 bridgehead atoms. The van der Waals surface area contributed by atoms with Crippen LogP contribution in [0.1, 0.15) is 12.8 Å². The van der Waals surface area contributed by atoms with Crippen molar-refractivity contribution in [2.24, 2.45) is 11.8 Å². The summed E-state index contributed by atoms with van der Waals surface area (Å²) in [6.45, 7) is 0.676. The molecule has 1 N–H and O–H groups in total. The van der Waals surface area contributed by atoms with E-state index >= 15 is 0 Å². The highest BCUT2D eigenvalue weighted by atomic mass is 32.2. The molecule has 0 unspecified atom stereocenters. The van der Waals surface area contributed by atoms with Crippen LogP contribution in [-0.2, 0) is 29.1 Å². The lowest BCUT2D eigenvalue weighted by Gasteiger charge is -2.26. The van der Waals surface area contributed by atoms with Gasteiger partial charge in [0, 0.05) is 13.1 Å². The molecule has 2 atom stereocenters. The second-order valence-electron chi connectivity index (χ2n) is 7.85. The zero-order chi connectivity index (χ0) is 22.9. The standard InChI is InChI=1S/C21H25N3O7S/c1-30-18-7-6-14(32(28,29)23-8-10-31-11-9-23)12-17(18)22-19(25)13-24-20(26)15-4-2-3-5-16(15)21(24)27/h2-3,6-7,12,15-16H,4-5,8-11,13H2,1H3,(H,22,25)/t15-,16+. The molecule has 32 heavy (non-hydrogen) atoms. The Bertz CT molecular complexity index is 1040. The van der Waals surface area contributed by atoms with Gasteiger partial charge in [-0.1, -0.05) is 12.2 Å². The summed E-state index contributed by atoms with van der Waals surface area (Å²) in [5.74, 6) is -1.90. The van der Waals surface area contributed by atoms with E-state index in [0.717, 1.165) is 4.90 Å². The molecule has 2 saturated heterocycles. The van der Waals surface area contributed by atoms with Gasteiger partial charge in [-0.15, -0.1) is 0 Å². The lowest BCUT2D eigenvalue weighted by Crippen LogP contribution is -2.40. The Morgan fingerprint density at radius 3 is 2.34 bits per heavy atom. The number of imide groups is 1. The first-order valence-corrected chi connectivity index (χ1v) is 11.8. The van der Waals surface area contributed by atoms with Crippen molar-refractivity contribution in [2.45, 2.75) is 17.7 Å². The number of nitrogens with zero attached hydrogens (tertiary/aromatic N) is 2. The normalized spacial score (nSPS) is 23.8. The van der Waals surface area contributed by atoms with Crippen LogP contribution in [0.3, 0.4) is 0 Å². The summed E-state index contributed by atoms with van der Waals surface area (Å²) >= 11 is 0. The molecular weight excluding hydrogens is 438 g/mol. The number of benzene rings is 1. The lowest BCUT2D eigenvalue weighted by molar-refractivity contribution is -0.142. The Balaban J connectivity index is 1.51. The van der Waals surface area contributed by atoms with E-state index in [1.165, 1.54) is 29.6 Å². The van der Waals surface area contributed by atoms with Gasteiger partial charge in [0.05, 0.1) is 42.7 Å². The second kappa shape index (κ2) is 9.00. The van der Waals surface area contributed by atoms with Gasteiger partial charge >= 0.3 is 0 Å². The number of nitrogens with one attached hydrogen (secondary N) is 1. The van der Waals surface area contributed by atoms with Crippen molar-refractivity contribution in [3.05, 3.63) is 30.4 Å². The highest BCUT2D eigenvalue weighted by molar-refractivity contribution is 7.89. The summed E-state index contributed by atoms with van der Waals surface area (Å²) in [5.41, 5.74) is 0.144. The van der Waals surface area contributed by atoms with Gasteiger partial charge < -0.3 is 14.8 Å². The first kappa shape index (κ1) is 22.4. The highest BCUT2D eigenvalue weighted by Crippen LogP contribution is 2.35. The molecule has 11 heteroatoms. The molecule has 3 amide bonds. The summed E-state index contributed by atoms with van der Waals surface area (Å²) in [5, 5.41) is 2.59. The number of rotatable bonds is 6. The van der Waals surface area contributed by atoms with Crippen LogP contribution >= 0.6 is 0 Å². The Kier molecular flexibility index (Phi) is 6.31. The van der Waals surface area contributed by atoms with Crippen molar-refractivity contribution in [1.29, 1.82) is 0 Å². The molecule has 172 valence electrons. The molecule has 2 aliphatic heterocycles. The number of amides is 3. The summed E-state index contributed by atoms with van der Waals surface area (Å²) in [6, 6.07) is 4.18. The average molecular weight is 464 g/mol. The molecule has 2 fully saturated rings. The van der Waals surface area contributed by atoms with Gasteiger partial charge in [0.1, 0.15) is 12.3 Å². The maximum atomic E-state index is 12.9.